The summed E-state index contributed by atoms with van der Waals surface area (Å²) in [6.07, 6.45) is 3.46. The minimum Gasteiger partial charge on any atom is -0.490 e. The van der Waals surface area contributed by atoms with Crippen molar-refractivity contribution in [1.29, 1.82) is 0 Å². The highest BCUT2D eigenvalue weighted by molar-refractivity contribution is 7.80. The molecule has 0 bridgehead atoms. The molecular formula is C18H20F2N2O4S. The first-order chi connectivity index (χ1) is 13.0. The van der Waals surface area contributed by atoms with Crippen LogP contribution in [0.4, 0.5) is 8.78 Å². The lowest BCUT2D eigenvalue weighted by Crippen LogP contribution is -2.37. The summed E-state index contributed by atoms with van der Waals surface area (Å²) < 4.78 is 40.4. The number of nitrogens with zero attached hydrogens (tertiary/aromatic N) is 1. The van der Waals surface area contributed by atoms with Gasteiger partial charge in [-0.05, 0) is 55.8 Å². The molecule has 0 saturated carbocycles. The predicted molar refractivity (Wildman–Crippen MR) is 98.6 cm³/mol. The smallest absolute Gasteiger partial charge is 0.387 e. The maximum absolute atomic E-state index is 12.6. The molecule has 146 valence electrons. The zero-order valence-corrected chi connectivity index (χ0v) is 15.6. The Labute approximate surface area is 161 Å². The molecule has 2 saturated heterocycles. The fourth-order valence-electron chi connectivity index (χ4n) is 2.97. The monoisotopic (exact) mass is 398 g/mol. The summed E-state index contributed by atoms with van der Waals surface area (Å²) in [5.41, 5.74) is 0.903. The molecule has 0 aromatic heterocycles. The second kappa shape index (κ2) is 8.62. The van der Waals surface area contributed by atoms with Crippen LogP contribution in [0.2, 0.25) is 0 Å². The summed E-state index contributed by atoms with van der Waals surface area (Å²) in [7, 11) is 0. The van der Waals surface area contributed by atoms with E-state index in [0.717, 1.165) is 12.8 Å². The van der Waals surface area contributed by atoms with Gasteiger partial charge < -0.3 is 19.5 Å². The Balaban J connectivity index is 1.78. The van der Waals surface area contributed by atoms with Gasteiger partial charge in [0.2, 0.25) is 0 Å². The average Bonchev–Trinajstić information content (AvgIpc) is 3.21. The van der Waals surface area contributed by atoms with E-state index in [1.807, 2.05) is 0 Å². The van der Waals surface area contributed by atoms with Gasteiger partial charge in [0.15, 0.2) is 16.6 Å². The van der Waals surface area contributed by atoms with Gasteiger partial charge in [0.1, 0.15) is 5.70 Å². The van der Waals surface area contributed by atoms with Crippen LogP contribution in [-0.2, 0) is 9.53 Å². The number of halogens is 2. The van der Waals surface area contributed by atoms with E-state index in [1.54, 1.807) is 19.1 Å². The molecule has 0 radical (unpaired) electrons. The van der Waals surface area contributed by atoms with Crippen LogP contribution in [0.25, 0.3) is 6.08 Å². The first kappa shape index (κ1) is 19.5. The summed E-state index contributed by atoms with van der Waals surface area (Å²) in [5.74, 6) is -0.131. The molecule has 0 aliphatic carbocycles. The predicted octanol–water partition coefficient (Wildman–Crippen LogP) is 2.92. The van der Waals surface area contributed by atoms with Crippen LogP contribution < -0.4 is 14.8 Å². The van der Waals surface area contributed by atoms with E-state index in [1.165, 1.54) is 17.0 Å². The summed E-state index contributed by atoms with van der Waals surface area (Å²) in [5, 5.41) is 3.22. The van der Waals surface area contributed by atoms with Crippen LogP contribution in [0.3, 0.4) is 0 Å². The van der Waals surface area contributed by atoms with E-state index in [-0.39, 0.29) is 30.1 Å². The van der Waals surface area contributed by atoms with Gasteiger partial charge in [-0.15, -0.1) is 0 Å². The third-order valence-corrected chi connectivity index (χ3v) is 4.49. The third-order valence-electron chi connectivity index (χ3n) is 4.17. The molecule has 6 nitrogen and oxygen atoms in total. The van der Waals surface area contributed by atoms with Crippen molar-refractivity contribution in [3.05, 3.63) is 29.5 Å². The molecule has 1 N–H and O–H groups in total. The van der Waals surface area contributed by atoms with Gasteiger partial charge in [0.25, 0.3) is 5.91 Å². The third kappa shape index (κ3) is 4.72. The molecule has 1 atom stereocenters. The Kier molecular flexibility index (Phi) is 6.22. The Morgan fingerprint density at radius 2 is 2.26 bits per heavy atom. The summed E-state index contributed by atoms with van der Waals surface area (Å²) in [6.45, 7) is 0.183. The zero-order chi connectivity index (χ0) is 19.4. The number of nitrogens with one attached hydrogen (secondary N) is 1. The quantitative estimate of drug-likeness (QED) is 0.563. The fourth-order valence-corrected chi connectivity index (χ4v) is 3.24. The summed E-state index contributed by atoms with van der Waals surface area (Å²) in [4.78, 5) is 14.1. The van der Waals surface area contributed by atoms with Crippen LogP contribution in [0, 0.1) is 0 Å². The Hall–Kier alpha value is -2.26. The highest BCUT2D eigenvalue weighted by atomic mass is 32.1. The van der Waals surface area contributed by atoms with Crippen LogP contribution in [0.15, 0.2) is 23.9 Å². The van der Waals surface area contributed by atoms with Gasteiger partial charge >= 0.3 is 6.61 Å². The first-order valence-electron chi connectivity index (χ1n) is 8.65. The maximum Gasteiger partial charge on any atom is 0.387 e. The SMILES string of the molecule is CCOc1cc(/C=C2/NC(=S)N(CC3CCCO3)C2=O)ccc1OC(F)F. The molecule has 2 fully saturated rings. The molecule has 1 amide bonds. The number of thiocarbonyl (C=S) groups is 1. The van der Waals surface area contributed by atoms with Crippen molar-refractivity contribution < 1.29 is 27.8 Å². The second-order valence-electron chi connectivity index (χ2n) is 6.06. The molecule has 2 aliphatic rings. The number of ether oxygens (including phenoxy) is 3. The van der Waals surface area contributed by atoms with E-state index < -0.39 is 6.61 Å². The lowest BCUT2D eigenvalue weighted by Gasteiger charge is -2.18. The molecule has 1 unspecified atom stereocenters. The molecule has 0 spiro atoms. The molecule has 2 aliphatic heterocycles. The van der Waals surface area contributed by atoms with Crippen LogP contribution in [0.1, 0.15) is 25.3 Å². The van der Waals surface area contributed by atoms with E-state index >= 15 is 0 Å². The summed E-state index contributed by atoms with van der Waals surface area (Å²) in [6, 6.07) is 4.48. The van der Waals surface area contributed by atoms with Crippen LogP contribution in [-0.4, -0.2) is 48.4 Å². The van der Waals surface area contributed by atoms with Crippen molar-refractivity contribution in [1.82, 2.24) is 10.2 Å². The Morgan fingerprint density at radius 1 is 1.44 bits per heavy atom. The molecule has 9 heteroatoms. The lowest BCUT2D eigenvalue weighted by atomic mass is 10.1. The average molecular weight is 398 g/mol. The molecule has 1 aromatic rings. The number of amides is 1. The van der Waals surface area contributed by atoms with Gasteiger partial charge in [-0.1, -0.05) is 6.07 Å². The molecule has 1 aromatic carbocycles. The van der Waals surface area contributed by atoms with E-state index in [0.29, 0.717) is 29.5 Å². The van der Waals surface area contributed by atoms with Crippen molar-refractivity contribution in [3.63, 3.8) is 0 Å². The number of rotatable bonds is 7. The normalized spacial score (nSPS) is 21.3. The Morgan fingerprint density at radius 3 is 2.93 bits per heavy atom. The van der Waals surface area contributed by atoms with Gasteiger partial charge in [-0.3, -0.25) is 9.69 Å². The van der Waals surface area contributed by atoms with Gasteiger partial charge in [0.05, 0.1) is 19.3 Å². The zero-order valence-electron chi connectivity index (χ0n) is 14.7. The van der Waals surface area contributed by atoms with Gasteiger partial charge in [0, 0.05) is 6.61 Å². The Bertz CT molecular complexity index is 751. The fraction of sp³-hybridized carbons (Fsp3) is 0.444. The minimum absolute atomic E-state index is 0.0108. The minimum atomic E-state index is -2.95. The van der Waals surface area contributed by atoms with E-state index in [4.69, 9.17) is 21.7 Å². The molecular weight excluding hydrogens is 378 g/mol. The molecule has 2 heterocycles. The van der Waals surface area contributed by atoms with Crippen molar-refractivity contribution in [2.45, 2.75) is 32.5 Å². The van der Waals surface area contributed by atoms with Crippen molar-refractivity contribution in [2.75, 3.05) is 19.8 Å². The number of carbonyl (C=O) groups is 1. The van der Waals surface area contributed by atoms with Crippen molar-refractivity contribution in [2.24, 2.45) is 0 Å². The largest absolute Gasteiger partial charge is 0.490 e. The number of carbonyl (C=O) groups excluding carboxylic acids is 1. The van der Waals surface area contributed by atoms with Crippen molar-refractivity contribution in [3.8, 4) is 11.5 Å². The number of benzene rings is 1. The topological polar surface area (TPSA) is 60.0 Å². The highest BCUT2D eigenvalue weighted by Gasteiger charge is 2.33. The number of hydrogen-bond acceptors (Lipinski definition) is 5. The second-order valence-corrected chi connectivity index (χ2v) is 6.44. The van der Waals surface area contributed by atoms with E-state index in [9.17, 15) is 13.6 Å². The van der Waals surface area contributed by atoms with Gasteiger partial charge in [-0.25, -0.2) is 0 Å². The van der Waals surface area contributed by atoms with Crippen LogP contribution >= 0.6 is 12.2 Å². The molecule has 3 rings (SSSR count). The summed E-state index contributed by atoms with van der Waals surface area (Å²) >= 11 is 5.25. The van der Waals surface area contributed by atoms with Crippen LogP contribution in [0.5, 0.6) is 11.5 Å². The lowest BCUT2D eigenvalue weighted by molar-refractivity contribution is -0.123. The van der Waals surface area contributed by atoms with E-state index in [2.05, 4.69) is 10.1 Å². The van der Waals surface area contributed by atoms with Gasteiger partial charge in [-0.2, -0.15) is 8.78 Å². The molecule has 27 heavy (non-hydrogen) atoms. The number of hydrogen-bond donors (Lipinski definition) is 1. The van der Waals surface area contributed by atoms with Crippen molar-refractivity contribution >= 4 is 29.3 Å². The standard InChI is InChI=1S/C18H20F2N2O4S/c1-2-24-15-9-11(5-6-14(15)26-17(19)20)8-13-16(23)22(18(27)21-13)10-12-4-3-7-25-12/h5-6,8-9,12,17H,2-4,7,10H2,1H3,(H,21,27)/b13-8+. The first-order valence-corrected chi connectivity index (χ1v) is 9.06. The highest BCUT2D eigenvalue weighted by Crippen LogP contribution is 2.31. The maximum atomic E-state index is 12.6. The number of alkyl halides is 2.